The summed E-state index contributed by atoms with van der Waals surface area (Å²) in [5.74, 6) is -0.406. The highest BCUT2D eigenvalue weighted by molar-refractivity contribution is 5.81. The van der Waals surface area contributed by atoms with Crippen molar-refractivity contribution in [2.75, 3.05) is 6.61 Å². The van der Waals surface area contributed by atoms with Crippen LogP contribution >= 0.6 is 0 Å². The summed E-state index contributed by atoms with van der Waals surface area (Å²) in [5.41, 5.74) is 0. The SMILES string of the molecule is C=CC(=O)OCCCCC=O. The Morgan fingerprint density at radius 1 is 1.45 bits per heavy atom. The van der Waals surface area contributed by atoms with Gasteiger partial charge in [-0.05, 0) is 12.8 Å². The van der Waals surface area contributed by atoms with Crippen LogP contribution in [0.25, 0.3) is 0 Å². The molecule has 0 aromatic heterocycles. The van der Waals surface area contributed by atoms with Crippen molar-refractivity contribution in [2.45, 2.75) is 19.3 Å². The smallest absolute Gasteiger partial charge is 0.330 e. The summed E-state index contributed by atoms with van der Waals surface area (Å²) in [6, 6.07) is 0. The summed E-state index contributed by atoms with van der Waals surface area (Å²) < 4.78 is 4.66. The largest absolute Gasteiger partial charge is 0.463 e. The third-order valence-corrected chi connectivity index (χ3v) is 1.13. The average molecular weight is 156 g/mol. The number of carbonyl (C=O) groups excluding carboxylic acids is 2. The first kappa shape index (κ1) is 9.88. The van der Waals surface area contributed by atoms with Gasteiger partial charge in [0.05, 0.1) is 6.61 Å². The van der Waals surface area contributed by atoms with Gasteiger partial charge in [0.25, 0.3) is 0 Å². The van der Waals surface area contributed by atoms with E-state index in [1.807, 2.05) is 0 Å². The van der Waals surface area contributed by atoms with E-state index in [2.05, 4.69) is 11.3 Å². The highest BCUT2D eigenvalue weighted by atomic mass is 16.5. The van der Waals surface area contributed by atoms with Crippen molar-refractivity contribution < 1.29 is 14.3 Å². The first-order valence-electron chi connectivity index (χ1n) is 3.54. The molecule has 62 valence electrons. The summed E-state index contributed by atoms with van der Waals surface area (Å²) in [5, 5.41) is 0. The quantitative estimate of drug-likeness (QED) is 0.250. The highest BCUT2D eigenvalue weighted by Crippen LogP contribution is 1.93. The van der Waals surface area contributed by atoms with E-state index >= 15 is 0 Å². The molecule has 0 aromatic rings. The molecule has 0 amide bonds. The van der Waals surface area contributed by atoms with Crippen LogP contribution in [-0.2, 0) is 14.3 Å². The lowest BCUT2D eigenvalue weighted by Gasteiger charge is -1.98. The topological polar surface area (TPSA) is 43.4 Å². The van der Waals surface area contributed by atoms with Gasteiger partial charge in [-0.3, -0.25) is 0 Å². The molecule has 0 atom stereocenters. The number of hydrogen-bond donors (Lipinski definition) is 0. The molecule has 0 aliphatic heterocycles. The number of ether oxygens (including phenoxy) is 1. The van der Waals surface area contributed by atoms with E-state index in [-0.39, 0.29) is 0 Å². The molecule has 0 fully saturated rings. The lowest BCUT2D eigenvalue weighted by molar-refractivity contribution is -0.137. The van der Waals surface area contributed by atoms with Crippen LogP contribution in [0.5, 0.6) is 0 Å². The van der Waals surface area contributed by atoms with E-state index in [0.29, 0.717) is 13.0 Å². The predicted octanol–water partition coefficient (Wildman–Crippen LogP) is 1.08. The fourth-order valence-corrected chi connectivity index (χ4v) is 0.561. The van der Waals surface area contributed by atoms with E-state index in [4.69, 9.17) is 0 Å². The van der Waals surface area contributed by atoms with Crippen molar-refractivity contribution in [3.63, 3.8) is 0 Å². The van der Waals surface area contributed by atoms with Gasteiger partial charge in [0.2, 0.25) is 0 Å². The molecule has 0 saturated carbocycles. The van der Waals surface area contributed by atoms with Crippen LogP contribution in [-0.4, -0.2) is 18.9 Å². The third-order valence-electron chi connectivity index (χ3n) is 1.13. The van der Waals surface area contributed by atoms with Gasteiger partial charge in [-0.1, -0.05) is 6.58 Å². The molecule has 0 aromatic carbocycles. The van der Waals surface area contributed by atoms with Gasteiger partial charge in [0, 0.05) is 12.5 Å². The van der Waals surface area contributed by atoms with Gasteiger partial charge in [-0.2, -0.15) is 0 Å². The molecule has 3 nitrogen and oxygen atoms in total. The predicted molar refractivity (Wildman–Crippen MR) is 41.1 cm³/mol. The van der Waals surface area contributed by atoms with Crippen LogP contribution in [0.15, 0.2) is 12.7 Å². The molecule has 0 bridgehead atoms. The zero-order valence-electron chi connectivity index (χ0n) is 6.41. The van der Waals surface area contributed by atoms with E-state index in [1.165, 1.54) is 0 Å². The molecular weight excluding hydrogens is 144 g/mol. The normalized spacial score (nSPS) is 8.73. The van der Waals surface area contributed by atoms with Crippen molar-refractivity contribution in [1.29, 1.82) is 0 Å². The van der Waals surface area contributed by atoms with Crippen LogP contribution < -0.4 is 0 Å². The Hall–Kier alpha value is -1.12. The summed E-state index contributed by atoms with van der Waals surface area (Å²) >= 11 is 0. The molecular formula is C8H12O3. The average Bonchev–Trinajstić information content (AvgIpc) is 2.04. The molecule has 0 N–H and O–H groups in total. The Morgan fingerprint density at radius 3 is 2.73 bits per heavy atom. The van der Waals surface area contributed by atoms with Crippen LogP contribution in [0.1, 0.15) is 19.3 Å². The lowest BCUT2D eigenvalue weighted by Crippen LogP contribution is -2.01. The third kappa shape index (κ3) is 6.77. The number of rotatable bonds is 6. The van der Waals surface area contributed by atoms with E-state index < -0.39 is 5.97 Å². The van der Waals surface area contributed by atoms with E-state index in [1.54, 1.807) is 0 Å². The number of aldehydes is 1. The van der Waals surface area contributed by atoms with Gasteiger partial charge in [0.1, 0.15) is 6.29 Å². The molecule has 0 saturated heterocycles. The zero-order valence-corrected chi connectivity index (χ0v) is 6.41. The highest BCUT2D eigenvalue weighted by Gasteiger charge is 1.93. The zero-order chi connectivity index (χ0) is 8.53. The minimum atomic E-state index is -0.406. The lowest BCUT2D eigenvalue weighted by atomic mass is 10.3. The maximum atomic E-state index is 10.4. The summed E-state index contributed by atoms with van der Waals surface area (Å²) in [6.45, 7) is 3.62. The minimum absolute atomic E-state index is 0.374. The van der Waals surface area contributed by atoms with Crippen LogP contribution in [0.2, 0.25) is 0 Å². The van der Waals surface area contributed by atoms with Crippen molar-refractivity contribution in [3.8, 4) is 0 Å². The molecule has 0 rings (SSSR count). The monoisotopic (exact) mass is 156 g/mol. The molecule has 0 spiro atoms. The maximum absolute atomic E-state index is 10.4. The Kier molecular flexibility index (Phi) is 6.28. The second kappa shape index (κ2) is 6.99. The summed E-state index contributed by atoms with van der Waals surface area (Å²) in [4.78, 5) is 20.3. The van der Waals surface area contributed by atoms with Crippen LogP contribution in [0.3, 0.4) is 0 Å². The standard InChI is InChI=1S/C8H12O3/c1-2-8(10)11-7-5-3-4-6-9/h2,6H,1,3-5,7H2. The van der Waals surface area contributed by atoms with Gasteiger partial charge >= 0.3 is 5.97 Å². The molecule has 0 radical (unpaired) electrons. The van der Waals surface area contributed by atoms with Crippen molar-refractivity contribution in [1.82, 2.24) is 0 Å². The first-order chi connectivity index (χ1) is 5.31. The van der Waals surface area contributed by atoms with Crippen molar-refractivity contribution in [3.05, 3.63) is 12.7 Å². The van der Waals surface area contributed by atoms with Crippen LogP contribution in [0.4, 0.5) is 0 Å². The summed E-state index contributed by atoms with van der Waals surface area (Å²) in [6.07, 6.45) is 4.02. The Labute approximate surface area is 66.0 Å². The Bertz CT molecular complexity index is 140. The fourth-order valence-electron chi connectivity index (χ4n) is 0.561. The molecule has 3 heteroatoms. The van der Waals surface area contributed by atoms with Gasteiger partial charge in [0.15, 0.2) is 0 Å². The van der Waals surface area contributed by atoms with Crippen LogP contribution in [0, 0.1) is 0 Å². The minimum Gasteiger partial charge on any atom is -0.463 e. The molecule has 0 heterocycles. The van der Waals surface area contributed by atoms with Gasteiger partial charge in [-0.25, -0.2) is 4.79 Å². The van der Waals surface area contributed by atoms with Crippen molar-refractivity contribution in [2.24, 2.45) is 0 Å². The second-order valence-corrected chi connectivity index (χ2v) is 2.03. The Balaban J connectivity index is 3.07. The second-order valence-electron chi connectivity index (χ2n) is 2.03. The van der Waals surface area contributed by atoms with E-state index in [0.717, 1.165) is 25.2 Å². The number of esters is 1. The van der Waals surface area contributed by atoms with Crippen molar-refractivity contribution >= 4 is 12.3 Å². The number of carbonyl (C=O) groups is 2. The molecule has 0 aliphatic rings. The molecule has 0 unspecified atom stereocenters. The van der Waals surface area contributed by atoms with Gasteiger partial charge < -0.3 is 9.53 Å². The number of unbranched alkanes of at least 4 members (excludes halogenated alkanes) is 2. The number of hydrogen-bond acceptors (Lipinski definition) is 3. The summed E-state index contributed by atoms with van der Waals surface area (Å²) in [7, 11) is 0. The van der Waals surface area contributed by atoms with Gasteiger partial charge in [-0.15, -0.1) is 0 Å². The molecule has 11 heavy (non-hydrogen) atoms. The Morgan fingerprint density at radius 2 is 2.18 bits per heavy atom. The maximum Gasteiger partial charge on any atom is 0.330 e. The fraction of sp³-hybridized carbons (Fsp3) is 0.500. The molecule has 0 aliphatic carbocycles. The first-order valence-corrected chi connectivity index (χ1v) is 3.54. The van der Waals surface area contributed by atoms with E-state index in [9.17, 15) is 9.59 Å².